The van der Waals surface area contributed by atoms with Crippen LogP contribution >= 0.6 is 0 Å². The molecular weight excluding hydrogens is 226 g/mol. The van der Waals surface area contributed by atoms with Crippen LogP contribution in [0, 0.1) is 17.3 Å². The summed E-state index contributed by atoms with van der Waals surface area (Å²) >= 11 is 0. The lowest BCUT2D eigenvalue weighted by atomic mass is 9.69. The van der Waals surface area contributed by atoms with Gasteiger partial charge in [-0.2, -0.15) is 0 Å². The van der Waals surface area contributed by atoms with E-state index >= 15 is 0 Å². The first-order chi connectivity index (χ1) is 8.28. The van der Waals surface area contributed by atoms with Gasteiger partial charge >= 0.3 is 5.97 Å². The molecule has 0 aromatic carbocycles. The lowest BCUT2D eigenvalue weighted by Crippen LogP contribution is -2.48. The SMILES string of the molecule is CC1CCCC(CN(C)C(C)C(C)C)(C(=O)O)C1. The minimum atomic E-state index is -0.600. The third-order valence-corrected chi connectivity index (χ3v) is 4.76. The van der Waals surface area contributed by atoms with Crippen LogP contribution in [0.2, 0.25) is 0 Å². The largest absolute Gasteiger partial charge is 0.481 e. The predicted octanol–water partition coefficient (Wildman–Crippen LogP) is 3.24. The molecule has 0 amide bonds. The molecule has 0 aromatic rings. The Kier molecular flexibility index (Phi) is 5.20. The molecule has 3 unspecified atom stereocenters. The topological polar surface area (TPSA) is 40.5 Å². The summed E-state index contributed by atoms with van der Waals surface area (Å²) < 4.78 is 0. The summed E-state index contributed by atoms with van der Waals surface area (Å²) in [7, 11) is 2.06. The van der Waals surface area contributed by atoms with E-state index < -0.39 is 11.4 Å². The highest BCUT2D eigenvalue weighted by Gasteiger charge is 2.43. The van der Waals surface area contributed by atoms with Gasteiger partial charge in [0.05, 0.1) is 5.41 Å². The average Bonchev–Trinajstić information content (AvgIpc) is 2.27. The van der Waals surface area contributed by atoms with E-state index in [2.05, 4.69) is 39.6 Å². The van der Waals surface area contributed by atoms with Crippen molar-refractivity contribution in [3.63, 3.8) is 0 Å². The van der Waals surface area contributed by atoms with Crippen molar-refractivity contribution in [1.29, 1.82) is 0 Å². The highest BCUT2D eigenvalue weighted by atomic mass is 16.4. The zero-order chi connectivity index (χ0) is 13.9. The van der Waals surface area contributed by atoms with Gasteiger partial charge in [0.15, 0.2) is 0 Å². The van der Waals surface area contributed by atoms with Crippen LogP contribution in [-0.4, -0.2) is 35.6 Å². The standard InChI is InChI=1S/C15H29NO2/c1-11(2)13(4)16(5)10-15(14(17)18)8-6-7-12(3)9-15/h11-13H,6-10H2,1-5H3,(H,17,18). The maximum atomic E-state index is 11.7. The van der Waals surface area contributed by atoms with E-state index in [1.165, 1.54) is 6.42 Å². The molecule has 0 aliphatic heterocycles. The van der Waals surface area contributed by atoms with E-state index in [-0.39, 0.29) is 0 Å². The Labute approximate surface area is 112 Å². The molecule has 0 heterocycles. The zero-order valence-electron chi connectivity index (χ0n) is 12.6. The first-order valence-electron chi connectivity index (χ1n) is 7.22. The van der Waals surface area contributed by atoms with Gasteiger partial charge in [0.2, 0.25) is 0 Å². The van der Waals surface area contributed by atoms with Crippen LogP contribution in [0.5, 0.6) is 0 Å². The Morgan fingerprint density at radius 3 is 2.50 bits per heavy atom. The number of carboxylic acids is 1. The molecule has 0 saturated heterocycles. The quantitative estimate of drug-likeness (QED) is 0.820. The van der Waals surface area contributed by atoms with Gasteiger partial charge in [-0.15, -0.1) is 0 Å². The first kappa shape index (κ1) is 15.5. The fourth-order valence-electron chi connectivity index (χ4n) is 3.20. The second-order valence-corrected chi connectivity index (χ2v) is 6.69. The summed E-state index contributed by atoms with van der Waals surface area (Å²) in [6, 6.07) is 0.429. The average molecular weight is 255 g/mol. The van der Waals surface area contributed by atoms with Crippen LogP contribution < -0.4 is 0 Å². The number of carboxylic acid groups (broad SMARTS) is 1. The second-order valence-electron chi connectivity index (χ2n) is 6.69. The monoisotopic (exact) mass is 255 g/mol. The Balaban J connectivity index is 2.77. The van der Waals surface area contributed by atoms with Crippen molar-refractivity contribution in [2.45, 2.75) is 59.4 Å². The predicted molar refractivity (Wildman–Crippen MR) is 74.6 cm³/mol. The van der Waals surface area contributed by atoms with Crippen LogP contribution in [0.4, 0.5) is 0 Å². The molecule has 1 saturated carbocycles. The van der Waals surface area contributed by atoms with Crippen LogP contribution in [-0.2, 0) is 4.79 Å². The lowest BCUT2D eigenvalue weighted by Gasteiger charge is -2.41. The number of carbonyl (C=O) groups is 1. The molecular formula is C15H29NO2. The van der Waals surface area contributed by atoms with Gasteiger partial charge in [-0.25, -0.2) is 0 Å². The van der Waals surface area contributed by atoms with E-state index in [0.717, 1.165) is 19.3 Å². The first-order valence-corrected chi connectivity index (χ1v) is 7.22. The summed E-state index contributed by atoms with van der Waals surface area (Å²) in [5, 5.41) is 9.65. The van der Waals surface area contributed by atoms with Crippen LogP contribution in [0.3, 0.4) is 0 Å². The van der Waals surface area contributed by atoms with Gasteiger partial charge < -0.3 is 10.0 Å². The summed E-state index contributed by atoms with van der Waals surface area (Å²) in [5.41, 5.74) is -0.518. The van der Waals surface area contributed by atoms with Crippen molar-refractivity contribution in [3.05, 3.63) is 0 Å². The molecule has 106 valence electrons. The number of aliphatic carboxylic acids is 1. The maximum Gasteiger partial charge on any atom is 0.310 e. The van der Waals surface area contributed by atoms with Gasteiger partial charge in [0.25, 0.3) is 0 Å². The molecule has 1 aliphatic rings. The molecule has 18 heavy (non-hydrogen) atoms. The van der Waals surface area contributed by atoms with Crippen LogP contribution in [0.1, 0.15) is 53.4 Å². The van der Waals surface area contributed by atoms with E-state index in [1.54, 1.807) is 0 Å². The summed E-state index contributed by atoms with van der Waals surface area (Å²) in [5.74, 6) is 0.497. The molecule has 0 aromatic heterocycles. The van der Waals surface area contributed by atoms with E-state index in [1.807, 2.05) is 0 Å². The second kappa shape index (κ2) is 6.05. The van der Waals surface area contributed by atoms with E-state index in [0.29, 0.717) is 24.4 Å². The van der Waals surface area contributed by atoms with Gasteiger partial charge in [-0.3, -0.25) is 4.79 Å². The Morgan fingerprint density at radius 1 is 1.44 bits per heavy atom. The van der Waals surface area contributed by atoms with Gasteiger partial charge in [-0.1, -0.05) is 33.6 Å². The smallest absolute Gasteiger partial charge is 0.310 e. The summed E-state index contributed by atoms with van der Waals surface area (Å²) in [4.78, 5) is 14.0. The van der Waals surface area contributed by atoms with Crippen LogP contribution in [0.25, 0.3) is 0 Å². The third-order valence-electron chi connectivity index (χ3n) is 4.76. The van der Waals surface area contributed by atoms with Crippen LogP contribution in [0.15, 0.2) is 0 Å². The highest BCUT2D eigenvalue weighted by molar-refractivity contribution is 5.75. The lowest BCUT2D eigenvalue weighted by molar-refractivity contribution is -0.154. The van der Waals surface area contributed by atoms with E-state index in [4.69, 9.17) is 0 Å². The maximum absolute atomic E-state index is 11.7. The van der Waals surface area contributed by atoms with Gasteiger partial charge in [0.1, 0.15) is 0 Å². The number of hydrogen-bond acceptors (Lipinski definition) is 2. The van der Waals surface area contributed by atoms with Crippen molar-refractivity contribution in [3.8, 4) is 0 Å². The fourth-order valence-corrected chi connectivity index (χ4v) is 3.20. The fraction of sp³-hybridized carbons (Fsp3) is 0.933. The van der Waals surface area contributed by atoms with Gasteiger partial charge in [-0.05, 0) is 38.6 Å². The molecule has 0 spiro atoms. The van der Waals surface area contributed by atoms with Gasteiger partial charge in [0, 0.05) is 12.6 Å². The van der Waals surface area contributed by atoms with Crippen molar-refractivity contribution in [2.24, 2.45) is 17.3 Å². The number of rotatable bonds is 5. The highest BCUT2D eigenvalue weighted by Crippen LogP contribution is 2.40. The molecule has 1 fully saturated rings. The van der Waals surface area contributed by atoms with Crippen molar-refractivity contribution >= 4 is 5.97 Å². The minimum Gasteiger partial charge on any atom is -0.481 e. The molecule has 1 aliphatic carbocycles. The minimum absolute atomic E-state index is 0.429. The van der Waals surface area contributed by atoms with Crippen molar-refractivity contribution in [1.82, 2.24) is 4.90 Å². The third kappa shape index (κ3) is 3.47. The molecule has 1 N–H and O–H groups in total. The number of hydrogen-bond donors (Lipinski definition) is 1. The summed E-state index contributed by atoms with van der Waals surface area (Å²) in [6.07, 6.45) is 3.90. The number of nitrogens with zero attached hydrogens (tertiary/aromatic N) is 1. The molecule has 0 bridgehead atoms. The molecule has 3 atom stereocenters. The Morgan fingerprint density at radius 2 is 2.06 bits per heavy atom. The normalized spacial score (nSPS) is 30.7. The molecule has 3 heteroatoms. The molecule has 1 rings (SSSR count). The summed E-state index contributed by atoms with van der Waals surface area (Å²) in [6.45, 7) is 9.44. The zero-order valence-corrected chi connectivity index (χ0v) is 12.6. The van der Waals surface area contributed by atoms with Crippen molar-refractivity contribution in [2.75, 3.05) is 13.6 Å². The van der Waals surface area contributed by atoms with E-state index in [9.17, 15) is 9.90 Å². The Bertz CT molecular complexity index is 290. The molecule has 0 radical (unpaired) electrons. The Hall–Kier alpha value is -0.570. The van der Waals surface area contributed by atoms with Crippen molar-refractivity contribution < 1.29 is 9.90 Å². The molecule has 3 nitrogen and oxygen atoms in total.